The van der Waals surface area contributed by atoms with Gasteiger partial charge in [-0.25, -0.2) is 13.3 Å². The van der Waals surface area contributed by atoms with E-state index in [9.17, 15) is 14.0 Å². The summed E-state index contributed by atoms with van der Waals surface area (Å²) in [5.74, 6) is -2.17. The van der Waals surface area contributed by atoms with E-state index < -0.39 is 17.3 Å². The number of aryl methyl sites for hydroxylation is 1. The molecule has 1 aliphatic carbocycles. The summed E-state index contributed by atoms with van der Waals surface area (Å²) in [6.07, 6.45) is 5.00. The highest BCUT2D eigenvalue weighted by atomic mass is 19.1. The Hall–Kier alpha value is -4.92. The lowest BCUT2D eigenvalue weighted by Crippen LogP contribution is -2.35. The lowest BCUT2D eigenvalue weighted by molar-refractivity contribution is 0.0929. The number of halogens is 2. The predicted octanol–water partition coefficient (Wildman–Crippen LogP) is 5.09. The molecule has 0 atom stereocenters. The topological polar surface area (TPSA) is 102 Å². The Morgan fingerprint density at radius 2 is 1.80 bits per heavy atom. The van der Waals surface area contributed by atoms with Crippen molar-refractivity contribution in [3.05, 3.63) is 124 Å². The van der Waals surface area contributed by atoms with Crippen LogP contribution < -0.4 is 11.1 Å². The molecule has 0 bridgehead atoms. The summed E-state index contributed by atoms with van der Waals surface area (Å²) in [6, 6.07) is 18.0. The van der Waals surface area contributed by atoms with Crippen molar-refractivity contribution in [3.63, 3.8) is 0 Å². The van der Waals surface area contributed by atoms with E-state index in [0.29, 0.717) is 16.7 Å². The fourth-order valence-corrected chi connectivity index (χ4v) is 5.09. The van der Waals surface area contributed by atoms with Crippen molar-refractivity contribution in [3.8, 4) is 11.1 Å². The molecule has 2 amide bonds. The number of hydrogen-bond acceptors (Lipinski definition) is 4. The van der Waals surface area contributed by atoms with Crippen molar-refractivity contribution in [1.29, 1.82) is 0 Å². The first-order valence-electron chi connectivity index (χ1n) is 12.8. The minimum atomic E-state index is -0.822. The Kier molecular flexibility index (Phi) is 6.14. The molecule has 0 aliphatic heterocycles. The minimum absolute atomic E-state index is 0.0405. The average molecular weight is 538 g/mol. The zero-order valence-electron chi connectivity index (χ0n) is 21.6. The van der Waals surface area contributed by atoms with Crippen LogP contribution in [0.1, 0.15) is 56.1 Å². The lowest BCUT2D eigenvalue weighted by atomic mass is 9.96. The van der Waals surface area contributed by atoms with Gasteiger partial charge in [-0.05, 0) is 78.9 Å². The van der Waals surface area contributed by atoms with E-state index in [-0.39, 0.29) is 40.5 Å². The van der Waals surface area contributed by atoms with E-state index in [4.69, 9.17) is 5.73 Å². The highest BCUT2D eigenvalue weighted by molar-refractivity contribution is 6.02. The van der Waals surface area contributed by atoms with Gasteiger partial charge in [-0.15, -0.1) is 0 Å². The van der Waals surface area contributed by atoms with Crippen molar-refractivity contribution in [2.45, 2.75) is 31.7 Å². The average Bonchev–Trinajstić information content (AvgIpc) is 3.63. The molecule has 0 unspecified atom stereocenters. The SMILES string of the molecule is Cc1ccc(C(=O)NC2(c3ccccn3)CC2)cc1-c1ccn2nc(Cc3ccc(F)cc3)c(C(N)=O)c2c1F. The zero-order chi connectivity index (χ0) is 28.0. The molecule has 3 aromatic heterocycles. The number of hydrogen-bond donors (Lipinski definition) is 2. The third-order valence-corrected chi connectivity index (χ3v) is 7.39. The lowest BCUT2D eigenvalue weighted by Gasteiger charge is -2.18. The van der Waals surface area contributed by atoms with Gasteiger partial charge in [0.1, 0.15) is 11.3 Å². The van der Waals surface area contributed by atoms with Crippen LogP contribution in [-0.4, -0.2) is 26.4 Å². The number of rotatable bonds is 7. The summed E-state index contributed by atoms with van der Waals surface area (Å²) in [7, 11) is 0. The monoisotopic (exact) mass is 537 g/mol. The highest BCUT2D eigenvalue weighted by Crippen LogP contribution is 2.44. The van der Waals surface area contributed by atoms with Crippen LogP contribution >= 0.6 is 0 Å². The van der Waals surface area contributed by atoms with Gasteiger partial charge in [0.15, 0.2) is 5.82 Å². The van der Waals surface area contributed by atoms with Crippen LogP contribution in [0.15, 0.2) is 79.1 Å². The molecule has 7 nitrogen and oxygen atoms in total. The largest absolute Gasteiger partial charge is 0.365 e. The van der Waals surface area contributed by atoms with E-state index in [2.05, 4.69) is 15.4 Å². The number of aromatic nitrogens is 3. The molecule has 9 heteroatoms. The van der Waals surface area contributed by atoms with Gasteiger partial charge < -0.3 is 11.1 Å². The van der Waals surface area contributed by atoms with Crippen molar-refractivity contribution in [2.24, 2.45) is 5.73 Å². The number of carbonyl (C=O) groups excluding carboxylic acids is 2. The first-order valence-corrected chi connectivity index (χ1v) is 12.8. The predicted molar refractivity (Wildman–Crippen MR) is 146 cm³/mol. The molecule has 3 heterocycles. The Balaban J connectivity index is 1.37. The summed E-state index contributed by atoms with van der Waals surface area (Å²) in [6.45, 7) is 1.82. The van der Waals surface area contributed by atoms with Crippen LogP contribution in [-0.2, 0) is 12.0 Å². The molecule has 2 aromatic carbocycles. The van der Waals surface area contributed by atoms with Crippen molar-refractivity contribution in [2.75, 3.05) is 0 Å². The summed E-state index contributed by atoms with van der Waals surface area (Å²) in [5.41, 5.74) is 8.73. The van der Waals surface area contributed by atoms with Gasteiger partial charge in [-0.3, -0.25) is 14.6 Å². The van der Waals surface area contributed by atoms with Gasteiger partial charge in [0.25, 0.3) is 11.8 Å². The van der Waals surface area contributed by atoms with Crippen LogP contribution in [0.2, 0.25) is 0 Å². The van der Waals surface area contributed by atoms with Crippen LogP contribution in [0.25, 0.3) is 16.6 Å². The van der Waals surface area contributed by atoms with Crippen LogP contribution in [0.4, 0.5) is 8.78 Å². The van der Waals surface area contributed by atoms with E-state index in [1.165, 1.54) is 16.6 Å². The standard InChI is InChI=1S/C31H25F2N5O2/c1-18-5-8-20(30(40)36-31(12-13-31)25-4-2-3-14-35-25)17-23(18)22-11-15-38-28(27(22)33)26(29(34)39)24(37-38)16-19-6-9-21(32)10-7-19/h2-11,14-15,17H,12-13,16H2,1H3,(H2,34,39)(H,36,40). The number of fused-ring (bicyclic) bond motifs is 1. The molecule has 0 spiro atoms. The fourth-order valence-electron chi connectivity index (χ4n) is 5.09. The number of nitrogens with one attached hydrogen (secondary N) is 1. The van der Waals surface area contributed by atoms with Gasteiger partial charge in [0.05, 0.1) is 22.5 Å². The maximum absolute atomic E-state index is 16.2. The summed E-state index contributed by atoms with van der Waals surface area (Å²) in [4.78, 5) is 30.2. The van der Waals surface area contributed by atoms with E-state index in [0.717, 1.165) is 24.1 Å². The van der Waals surface area contributed by atoms with Crippen molar-refractivity contribution < 1.29 is 18.4 Å². The molecule has 1 saturated carbocycles. The Labute approximate surface area is 228 Å². The molecule has 200 valence electrons. The summed E-state index contributed by atoms with van der Waals surface area (Å²) >= 11 is 0. The zero-order valence-corrected chi connectivity index (χ0v) is 21.6. The molecule has 5 aromatic rings. The molecule has 1 fully saturated rings. The van der Waals surface area contributed by atoms with Crippen molar-refractivity contribution in [1.82, 2.24) is 19.9 Å². The molecular weight excluding hydrogens is 512 g/mol. The van der Waals surface area contributed by atoms with Gasteiger partial charge in [-0.1, -0.05) is 24.3 Å². The fraction of sp³-hybridized carbons (Fsp3) is 0.161. The molecule has 0 radical (unpaired) electrons. The maximum Gasteiger partial charge on any atom is 0.252 e. The van der Waals surface area contributed by atoms with Gasteiger partial charge >= 0.3 is 0 Å². The molecule has 6 rings (SSSR count). The van der Waals surface area contributed by atoms with Crippen molar-refractivity contribution >= 4 is 17.3 Å². The Bertz CT molecular complexity index is 1780. The van der Waals surface area contributed by atoms with Crippen LogP contribution in [0.3, 0.4) is 0 Å². The second-order valence-electron chi connectivity index (χ2n) is 10.1. The first kappa shape index (κ1) is 25.4. The van der Waals surface area contributed by atoms with Gasteiger partial charge in [-0.2, -0.15) is 5.10 Å². The van der Waals surface area contributed by atoms with E-state index >= 15 is 4.39 Å². The number of pyridine rings is 2. The van der Waals surface area contributed by atoms with Gasteiger partial charge in [0.2, 0.25) is 0 Å². The molecular formula is C31H25F2N5O2. The smallest absolute Gasteiger partial charge is 0.252 e. The second kappa shape index (κ2) is 9.68. The Morgan fingerprint density at radius 3 is 2.48 bits per heavy atom. The number of benzene rings is 2. The number of amides is 2. The second-order valence-corrected chi connectivity index (χ2v) is 10.1. The number of carbonyl (C=O) groups is 2. The summed E-state index contributed by atoms with van der Waals surface area (Å²) < 4.78 is 30.8. The third kappa shape index (κ3) is 4.49. The van der Waals surface area contributed by atoms with Crippen LogP contribution in [0.5, 0.6) is 0 Å². The quantitative estimate of drug-likeness (QED) is 0.302. The number of nitrogens with two attached hydrogens (primary N) is 1. The molecule has 0 saturated heterocycles. The number of primary amides is 1. The third-order valence-electron chi connectivity index (χ3n) is 7.39. The minimum Gasteiger partial charge on any atom is -0.365 e. The Morgan fingerprint density at radius 1 is 1.02 bits per heavy atom. The first-order chi connectivity index (χ1) is 19.3. The molecule has 3 N–H and O–H groups in total. The molecule has 1 aliphatic rings. The summed E-state index contributed by atoms with van der Waals surface area (Å²) in [5, 5.41) is 7.51. The maximum atomic E-state index is 16.2. The van der Waals surface area contributed by atoms with E-state index in [1.807, 2.05) is 25.1 Å². The molecule has 40 heavy (non-hydrogen) atoms. The highest BCUT2D eigenvalue weighted by Gasteiger charge is 2.47. The number of nitrogens with zero attached hydrogens (tertiary/aromatic N) is 3. The van der Waals surface area contributed by atoms with Gasteiger partial charge in [0, 0.05) is 29.9 Å². The van der Waals surface area contributed by atoms with Crippen LogP contribution in [0, 0.1) is 18.6 Å². The van der Waals surface area contributed by atoms with E-state index in [1.54, 1.807) is 48.8 Å². The normalized spacial score (nSPS) is 13.8.